The number of aromatic nitrogens is 3. The van der Waals surface area contributed by atoms with Gasteiger partial charge in [0.2, 0.25) is 8.07 Å². The molecule has 4 heterocycles. The lowest BCUT2D eigenvalue weighted by Gasteiger charge is -2.30. The molecule has 0 radical (unpaired) electrons. The Morgan fingerprint density at radius 1 is 0.439 bits per heavy atom. The van der Waals surface area contributed by atoms with E-state index in [0.717, 1.165) is 72.2 Å². The van der Waals surface area contributed by atoms with Crippen molar-refractivity contribution in [3.63, 3.8) is 0 Å². The van der Waals surface area contributed by atoms with Gasteiger partial charge in [-0.25, -0.2) is 9.97 Å². The highest BCUT2D eigenvalue weighted by Gasteiger charge is 2.51. The maximum absolute atomic E-state index is 6.45. The Kier molecular flexibility index (Phi) is 6.91. The van der Waals surface area contributed by atoms with E-state index in [1.807, 2.05) is 12.1 Å². The quantitative estimate of drug-likeness (QED) is 0.165. The first kappa shape index (κ1) is 32.0. The molecule has 11 aromatic rings. The smallest absolute Gasteiger partial charge is 0.203 e. The van der Waals surface area contributed by atoms with Gasteiger partial charge in [-0.15, -0.1) is 0 Å². The van der Waals surface area contributed by atoms with Crippen molar-refractivity contribution in [2.75, 3.05) is 0 Å². The molecule has 8 aromatic carbocycles. The van der Waals surface area contributed by atoms with E-state index in [2.05, 4.69) is 193 Å². The molecule has 0 saturated carbocycles. The van der Waals surface area contributed by atoms with E-state index < -0.39 is 8.07 Å². The average molecular weight is 744 g/mol. The van der Waals surface area contributed by atoms with Crippen molar-refractivity contribution >= 4 is 72.7 Å². The molecular weight excluding hydrogens is 711 g/mol. The minimum Gasteiger partial charge on any atom is -0.456 e. The first-order chi connectivity index (χ1) is 28.3. The van der Waals surface area contributed by atoms with Crippen molar-refractivity contribution in [3.8, 4) is 39.5 Å². The van der Waals surface area contributed by atoms with E-state index in [1.54, 1.807) is 0 Å². The van der Waals surface area contributed by atoms with Gasteiger partial charge in [-0.1, -0.05) is 164 Å². The van der Waals surface area contributed by atoms with Crippen LogP contribution in [0.25, 0.3) is 83.2 Å². The van der Waals surface area contributed by atoms with Gasteiger partial charge in [-0.05, 0) is 51.5 Å². The van der Waals surface area contributed by atoms with Gasteiger partial charge in [0.25, 0.3) is 0 Å². The van der Waals surface area contributed by atoms with Crippen LogP contribution in [0.15, 0.2) is 205 Å². The summed E-state index contributed by atoms with van der Waals surface area (Å²) >= 11 is 0. The van der Waals surface area contributed by atoms with Crippen LogP contribution in [0.2, 0.25) is 0 Å². The summed E-state index contributed by atoms with van der Waals surface area (Å²) in [5.74, 6) is 0.732. The number of furan rings is 1. The maximum Gasteiger partial charge on any atom is 0.203 e. The molecule has 57 heavy (non-hydrogen) atoms. The summed E-state index contributed by atoms with van der Waals surface area (Å²) in [6.07, 6.45) is 0. The molecular formula is C52H33N3OSi. The zero-order valence-corrected chi connectivity index (χ0v) is 31.8. The lowest BCUT2D eigenvalue weighted by Crippen LogP contribution is -2.73. The zero-order chi connectivity index (χ0) is 37.5. The number of nitrogens with zero attached hydrogens (tertiary/aromatic N) is 3. The predicted octanol–water partition coefficient (Wildman–Crippen LogP) is 10.2. The summed E-state index contributed by atoms with van der Waals surface area (Å²) in [5, 5.41) is 9.73. The van der Waals surface area contributed by atoms with Crippen molar-refractivity contribution in [3.05, 3.63) is 200 Å². The fourth-order valence-electron chi connectivity index (χ4n) is 9.45. The predicted molar refractivity (Wildman–Crippen MR) is 237 cm³/mol. The van der Waals surface area contributed by atoms with Gasteiger partial charge >= 0.3 is 0 Å². The van der Waals surface area contributed by atoms with E-state index in [1.165, 1.54) is 31.9 Å². The largest absolute Gasteiger partial charge is 0.456 e. The zero-order valence-electron chi connectivity index (χ0n) is 30.8. The van der Waals surface area contributed by atoms with Crippen molar-refractivity contribution in [2.24, 2.45) is 0 Å². The van der Waals surface area contributed by atoms with Crippen LogP contribution in [0.4, 0.5) is 0 Å². The third-order valence-electron chi connectivity index (χ3n) is 11.9. The second-order valence-electron chi connectivity index (χ2n) is 14.9. The Morgan fingerprint density at radius 3 is 1.88 bits per heavy atom. The number of hydrogen-bond donors (Lipinski definition) is 0. The topological polar surface area (TPSA) is 43.9 Å². The molecule has 0 aliphatic carbocycles. The molecule has 0 atom stereocenters. The number of fused-ring (bicyclic) bond motifs is 9. The van der Waals surface area contributed by atoms with Gasteiger partial charge in [0, 0.05) is 50.0 Å². The second-order valence-corrected chi connectivity index (χ2v) is 18.5. The molecule has 1 aliphatic rings. The summed E-state index contributed by atoms with van der Waals surface area (Å²) in [6, 6.07) is 71.9. The normalized spacial score (nSPS) is 13.1. The average Bonchev–Trinajstić information content (AvgIpc) is 3.92. The molecule has 12 rings (SSSR count). The molecule has 0 amide bonds. The summed E-state index contributed by atoms with van der Waals surface area (Å²) in [5.41, 5.74) is 10.4. The highest BCUT2D eigenvalue weighted by molar-refractivity contribution is 7.21. The van der Waals surface area contributed by atoms with Crippen molar-refractivity contribution in [1.29, 1.82) is 0 Å². The molecule has 0 spiro atoms. The van der Waals surface area contributed by atoms with Gasteiger partial charge in [-0.2, -0.15) is 0 Å². The molecule has 1 aliphatic heterocycles. The first-order valence-electron chi connectivity index (χ1n) is 19.4. The molecule has 0 bridgehead atoms. The van der Waals surface area contributed by atoms with Crippen LogP contribution >= 0.6 is 0 Å². The van der Waals surface area contributed by atoms with Crippen molar-refractivity contribution in [2.45, 2.75) is 0 Å². The monoisotopic (exact) mass is 743 g/mol. The third kappa shape index (κ3) is 4.61. The van der Waals surface area contributed by atoms with Crippen LogP contribution in [-0.2, 0) is 0 Å². The Labute approximate surface area is 330 Å². The maximum atomic E-state index is 6.45. The van der Waals surface area contributed by atoms with Crippen LogP contribution in [0.5, 0.6) is 0 Å². The van der Waals surface area contributed by atoms with Crippen molar-refractivity contribution in [1.82, 2.24) is 14.5 Å². The third-order valence-corrected chi connectivity index (χ3v) is 16.6. The molecule has 0 saturated heterocycles. The minimum atomic E-state index is -2.90. The van der Waals surface area contributed by atoms with Gasteiger partial charge in [0.05, 0.1) is 22.0 Å². The second kappa shape index (κ2) is 12.3. The van der Waals surface area contributed by atoms with E-state index >= 15 is 0 Å². The molecule has 0 fully saturated rings. The van der Waals surface area contributed by atoms with Gasteiger partial charge < -0.3 is 8.98 Å². The molecule has 266 valence electrons. The number of benzene rings is 8. The van der Waals surface area contributed by atoms with E-state index in [9.17, 15) is 0 Å². The summed E-state index contributed by atoms with van der Waals surface area (Å²) in [6.45, 7) is 0. The van der Waals surface area contributed by atoms with Crippen LogP contribution in [0.1, 0.15) is 0 Å². The Morgan fingerprint density at radius 2 is 1.09 bits per heavy atom. The Balaban J connectivity index is 1.16. The summed E-state index contributed by atoms with van der Waals surface area (Å²) < 4.78 is 8.82. The standard InChI is InChI=1S/C52H33N3OSi/c1-4-17-34(18-5-1)51-53-50(49-41-27-12-15-30-48(41)57(52(49)54-51,37-21-6-2-7-22-37)38-23-8-3-9-24-38)35-19-16-20-36(31-35)55-44-28-13-10-25-39(44)42-32-43-40-26-11-14-29-46(40)56-47(43)33-45(42)55/h1-33H. The highest BCUT2D eigenvalue weighted by atomic mass is 28.3. The number of hydrogen-bond acceptors (Lipinski definition) is 3. The van der Waals surface area contributed by atoms with E-state index in [-0.39, 0.29) is 0 Å². The molecule has 0 unspecified atom stereocenters. The van der Waals surface area contributed by atoms with Crippen LogP contribution in [-0.4, -0.2) is 22.6 Å². The Hall–Kier alpha value is -7.34. The van der Waals surface area contributed by atoms with Gasteiger partial charge in [0.15, 0.2) is 5.82 Å². The van der Waals surface area contributed by atoms with Gasteiger partial charge in [0.1, 0.15) is 11.2 Å². The van der Waals surface area contributed by atoms with Crippen LogP contribution < -0.4 is 20.9 Å². The fourth-order valence-corrected chi connectivity index (χ4v) is 14.5. The van der Waals surface area contributed by atoms with Crippen LogP contribution in [0.3, 0.4) is 0 Å². The molecule has 3 aromatic heterocycles. The molecule has 0 N–H and O–H groups in total. The fraction of sp³-hybridized carbons (Fsp3) is 0. The van der Waals surface area contributed by atoms with Gasteiger partial charge in [-0.3, -0.25) is 0 Å². The van der Waals surface area contributed by atoms with Crippen LogP contribution in [0, 0.1) is 0 Å². The molecule has 5 heteroatoms. The Bertz CT molecular complexity index is 3310. The number of para-hydroxylation sites is 2. The summed E-state index contributed by atoms with van der Waals surface area (Å²) in [7, 11) is -2.90. The first-order valence-corrected chi connectivity index (χ1v) is 21.4. The lowest BCUT2D eigenvalue weighted by atomic mass is 10.00. The SMILES string of the molecule is c1ccc(-c2nc(-c3cccc(-n4c5ccccc5c5cc6c(cc54)oc4ccccc46)c3)c3c(n2)[Si](c2ccccc2)(c2ccccc2)c2ccccc2-3)cc1. The lowest BCUT2D eigenvalue weighted by molar-refractivity contribution is 0.669. The van der Waals surface area contributed by atoms with E-state index in [4.69, 9.17) is 14.4 Å². The highest BCUT2D eigenvalue weighted by Crippen LogP contribution is 2.40. The minimum absolute atomic E-state index is 0.732. The molecule has 4 nitrogen and oxygen atoms in total. The summed E-state index contributed by atoms with van der Waals surface area (Å²) in [4.78, 5) is 11.2. The van der Waals surface area contributed by atoms with E-state index in [0.29, 0.717) is 0 Å². The van der Waals surface area contributed by atoms with Crippen molar-refractivity contribution < 1.29 is 4.42 Å². The number of rotatable bonds is 5.